The summed E-state index contributed by atoms with van der Waals surface area (Å²) in [6.45, 7) is 5.87. The lowest BCUT2D eigenvalue weighted by molar-refractivity contribution is -0.148. The smallest absolute Gasteiger partial charge is 0.331 e. The Bertz CT molecular complexity index is 1040. The van der Waals surface area contributed by atoms with Gasteiger partial charge in [0, 0.05) is 29.3 Å². The molecule has 31 heavy (non-hydrogen) atoms. The molecule has 0 fully saturated rings. The van der Waals surface area contributed by atoms with Crippen LogP contribution in [-0.4, -0.2) is 30.7 Å². The van der Waals surface area contributed by atoms with E-state index in [1.54, 1.807) is 30.3 Å². The molecule has 1 amide bonds. The maximum atomic E-state index is 12.3. The second-order valence-electron chi connectivity index (χ2n) is 7.15. The van der Waals surface area contributed by atoms with Crippen LogP contribution in [0.5, 0.6) is 11.5 Å². The Morgan fingerprint density at radius 1 is 1.32 bits per heavy atom. The zero-order valence-corrected chi connectivity index (χ0v) is 17.7. The molecular formula is C24H24N2O5. The second kappa shape index (κ2) is 9.81. The molecule has 7 heteroatoms. The van der Waals surface area contributed by atoms with Crippen LogP contribution in [0.1, 0.15) is 37.5 Å². The molecule has 1 aliphatic rings. The van der Waals surface area contributed by atoms with E-state index in [4.69, 9.17) is 19.5 Å². The van der Waals surface area contributed by atoms with E-state index >= 15 is 0 Å². The number of esters is 1. The number of nitrogens with one attached hydrogen (secondary N) is 1. The molecule has 1 N–H and O–H groups in total. The van der Waals surface area contributed by atoms with Gasteiger partial charge in [-0.2, -0.15) is 5.26 Å². The van der Waals surface area contributed by atoms with Gasteiger partial charge in [-0.1, -0.05) is 0 Å². The highest BCUT2D eigenvalue weighted by Gasteiger charge is 2.21. The minimum atomic E-state index is -0.997. The van der Waals surface area contributed by atoms with Crippen molar-refractivity contribution < 1.29 is 23.8 Å². The second-order valence-corrected chi connectivity index (χ2v) is 7.15. The predicted molar refractivity (Wildman–Crippen MR) is 116 cm³/mol. The van der Waals surface area contributed by atoms with Gasteiger partial charge in [0.15, 0.2) is 6.10 Å². The largest absolute Gasteiger partial charge is 0.493 e. The molecule has 0 spiro atoms. The van der Waals surface area contributed by atoms with Crippen molar-refractivity contribution in [3.63, 3.8) is 0 Å². The lowest BCUT2D eigenvalue weighted by Gasteiger charge is -2.13. The van der Waals surface area contributed by atoms with Crippen molar-refractivity contribution in [1.29, 1.82) is 5.26 Å². The molecule has 7 nitrogen and oxygen atoms in total. The molecule has 0 saturated carbocycles. The van der Waals surface area contributed by atoms with Crippen LogP contribution in [0.15, 0.2) is 42.5 Å². The highest BCUT2D eigenvalue weighted by Crippen LogP contribution is 2.35. The van der Waals surface area contributed by atoms with Crippen LogP contribution in [0.25, 0.3) is 6.08 Å². The molecule has 0 saturated heterocycles. The quantitative estimate of drug-likeness (QED) is 0.540. The van der Waals surface area contributed by atoms with E-state index < -0.39 is 18.0 Å². The first-order chi connectivity index (χ1) is 14.9. The number of benzene rings is 2. The summed E-state index contributed by atoms with van der Waals surface area (Å²) in [6, 6.07) is 12.2. The van der Waals surface area contributed by atoms with E-state index in [2.05, 4.69) is 5.32 Å². The molecule has 3 rings (SSSR count). The number of ether oxygens (including phenoxy) is 3. The number of amides is 1. The molecule has 2 aromatic rings. The van der Waals surface area contributed by atoms with E-state index in [9.17, 15) is 9.59 Å². The number of rotatable bonds is 7. The Balaban J connectivity index is 1.62. The van der Waals surface area contributed by atoms with Gasteiger partial charge < -0.3 is 19.5 Å². The fourth-order valence-corrected chi connectivity index (χ4v) is 3.16. The first-order valence-electron chi connectivity index (χ1n) is 10.1. The van der Waals surface area contributed by atoms with E-state index in [1.165, 1.54) is 13.0 Å². The Kier molecular flexibility index (Phi) is 6.93. The minimum Gasteiger partial charge on any atom is -0.493 e. The molecule has 0 radical (unpaired) electrons. The van der Waals surface area contributed by atoms with Crippen LogP contribution in [0.4, 0.5) is 5.69 Å². The summed E-state index contributed by atoms with van der Waals surface area (Å²) in [5.41, 5.74) is 2.77. The standard InChI is InChI=1S/C24H24N2O5/c1-4-29-21-13-19-11-15(2)30-22(19)12-18(21)7-10-23(27)31-16(3)24(28)26-20-8-5-17(14-25)6-9-20/h5-10,12-13,15-16H,4,11H2,1-3H3,(H,26,28)/b10-7+/t15-,16+/m1/s1. The first kappa shape index (κ1) is 21.9. The topological polar surface area (TPSA) is 97.6 Å². The van der Waals surface area contributed by atoms with E-state index in [0.717, 1.165) is 17.7 Å². The third kappa shape index (κ3) is 5.64. The predicted octanol–water partition coefficient (Wildman–Crippen LogP) is 3.86. The fourth-order valence-electron chi connectivity index (χ4n) is 3.16. The zero-order valence-electron chi connectivity index (χ0n) is 17.7. The van der Waals surface area contributed by atoms with Crippen LogP contribution in [0.3, 0.4) is 0 Å². The Hall–Kier alpha value is -3.79. The number of nitriles is 1. The molecule has 2 atom stereocenters. The van der Waals surface area contributed by atoms with Gasteiger partial charge in [0.2, 0.25) is 0 Å². The van der Waals surface area contributed by atoms with Crippen LogP contribution in [-0.2, 0) is 20.7 Å². The van der Waals surface area contributed by atoms with Crippen LogP contribution in [0, 0.1) is 11.3 Å². The summed E-state index contributed by atoms with van der Waals surface area (Å²) < 4.78 is 16.7. The SMILES string of the molecule is CCOc1cc2c(cc1/C=C/C(=O)O[C@@H](C)C(=O)Nc1ccc(C#N)cc1)O[C@H](C)C2. The van der Waals surface area contributed by atoms with Crippen molar-refractivity contribution >= 4 is 23.6 Å². The molecule has 0 unspecified atom stereocenters. The Labute approximate surface area is 181 Å². The van der Waals surface area contributed by atoms with Gasteiger partial charge in [0.05, 0.1) is 18.2 Å². The van der Waals surface area contributed by atoms with Gasteiger partial charge in [-0.15, -0.1) is 0 Å². The number of fused-ring (bicyclic) bond motifs is 1. The number of hydrogen-bond acceptors (Lipinski definition) is 6. The van der Waals surface area contributed by atoms with Crippen LogP contribution in [0.2, 0.25) is 0 Å². The summed E-state index contributed by atoms with van der Waals surface area (Å²) in [7, 11) is 0. The highest BCUT2D eigenvalue weighted by atomic mass is 16.5. The molecule has 2 aromatic carbocycles. The van der Waals surface area contributed by atoms with Gasteiger partial charge in [0.25, 0.3) is 5.91 Å². The fraction of sp³-hybridized carbons (Fsp3) is 0.292. The normalized spacial score (nSPS) is 15.5. The Morgan fingerprint density at radius 2 is 2.06 bits per heavy atom. The summed E-state index contributed by atoms with van der Waals surface area (Å²) >= 11 is 0. The molecule has 0 aliphatic carbocycles. The van der Waals surface area contributed by atoms with Gasteiger partial charge in [0.1, 0.15) is 17.6 Å². The number of anilines is 1. The van der Waals surface area contributed by atoms with Gasteiger partial charge >= 0.3 is 5.97 Å². The van der Waals surface area contributed by atoms with Gasteiger partial charge in [-0.05, 0) is 63.2 Å². The summed E-state index contributed by atoms with van der Waals surface area (Å²) in [4.78, 5) is 24.5. The molecule has 1 heterocycles. The van der Waals surface area contributed by atoms with E-state index in [0.29, 0.717) is 29.2 Å². The van der Waals surface area contributed by atoms with Crippen molar-refractivity contribution in [2.75, 3.05) is 11.9 Å². The number of hydrogen-bond donors (Lipinski definition) is 1. The molecular weight excluding hydrogens is 396 g/mol. The first-order valence-corrected chi connectivity index (χ1v) is 10.1. The highest BCUT2D eigenvalue weighted by molar-refractivity contribution is 5.96. The number of carbonyl (C=O) groups excluding carboxylic acids is 2. The molecule has 1 aliphatic heterocycles. The maximum Gasteiger partial charge on any atom is 0.331 e. The number of carbonyl (C=O) groups is 2. The average Bonchev–Trinajstić information content (AvgIpc) is 3.11. The third-order valence-corrected chi connectivity index (χ3v) is 4.67. The average molecular weight is 420 g/mol. The molecule has 160 valence electrons. The van der Waals surface area contributed by atoms with Crippen LogP contribution < -0.4 is 14.8 Å². The van der Waals surface area contributed by atoms with Crippen LogP contribution >= 0.6 is 0 Å². The summed E-state index contributed by atoms with van der Waals surface area (Å²) in [5, 5.41) is 11.5. The van der Waals surface area contributed by atoms with Gasteiger partial charge in [-0.3, -0.25) is 4.79 Å². The van der Waals surface area contributed by atoms with Crippen molar-refractivity contribution in [2.45, 2.75) is 39.4 Å². The van der Waals surface area contributed by atoms with Crippen molar-refractivity contribution in [2.24, 2.45) is 0 Å². The summed E-state index contributed by atoms with van der Waals surface area (Å²) in [6.07, 6.45) is 2.76. The number of nitrogens with zero attached hydrogens (tertiary/aromatic N) is 1. The summed E-state index contributed by atoms with van der Waals surface area (Å²) in [5.74, 6) is 0.315. The Morgan fingerprint density at radius 3 is 2.74 bits per heavy atom. The maximum absolute atomic E-state index is 12.3. The lowest BCUT2D eigenvalue weighted by Crippen LogP contribution is -2.29. The third-order valence-electron chi connectivity index (χ3n) is 4.67. The van der Waals surface area contributed by atoms with E-state index in [-0.39, 0.29) is 6.10 Å². The minimum absolute atomic E-state index is 0.101. The van der Waals surface area contributed by atoms with Crippen molar-refractivity contribution in [3.8, 4) is 17.6 Å². The van der Waals surface area contributed by atoms with Gasteiger partial charge in [-0.25, -0.2) is 4.79 Å². The molecule has 0 aromatic heterocycles. The molecule has 0 bridgehead atoms. The lowest BCUT2D eigenvalue weighted by atomic mass is 10.1. The monoisotopic (exact) mass is 420 g/mol. The van der Waals surface area contributed by atoms with Crippen molar-refractivity contribution in [3.05, 3.63) is 59.2 Å². The zero-order chi connectivity index (χ0) is 22.4. The van der Waals surface area contributed by atoms with Crippen molar-refractivity contribution in [1.82, 2.24) is 0 Å². The van der Waals surface area contributed by atoms with E-state index in [1.807, 2.05) is 32.0 Å².